The lowest BCUT2D eigenvalue weighted by atomic mass is 10.1. The lowest BCUT2D eigenvalue weighted by Crippen LogP contribution is -2.14. The van der Waals surface area contributed by atoms with Gasteiger partial charge in [0.15, 0.2) is 0 Å². The maximum absolute atomic E-state index is 13.1. The van der Waals surface area contributed by atoms with Crippen LogP contribution in [0.3, 0.4) is 0 Å². The summed E-state index contributed by atoms with van der Waals surface area (Å²) in [6, 6.07) is 7.23. The molecule has 0 fully saturated rings. The predicted molar refractivity (Wildman–Crippen MR) is 83.8 cm³/mol. The highest BCUT2D eigenvalue weighted by molar-refractivity contribution is 6.34. The van der Waals surface area contributed by atoms with E-state index in [1.54, 1.807) is 31.5 Å². The van der Waals surface area contributed by atoms with Gasteiger partial charge in [-0.1, -0.05) is 16.8 Å². The molecule has 0 atom stereocenters. The summed E-state index contributed by atoms with van der Waals surface area (Å²) in [6.45, 7) is 1.63. The third-order valence-electron chi connectivity index (χ3n) is 3.20. The van der Waals surface area contributed by atoms with E-state index in [9.17, 15) is 9.18 Å². The number of pyridine rings is 1. The van der Waals surface area contributed by atoms with Crippen molar-refractivity contribution in [2.75, 3.05) is 5.32 Å². The van der Waals surface area contributed by atoms with Gasteiger partial charge in [-0.25, -0.2) is 4.39 Å². The number of aryl methyl sites for hydroxylation is 1. The largest absolute Gasteiger partial charge is 0.360 e. The summed E-state index contributed by atoms with van der Waals surface area (Å²) >= 11 is 5.93. The smallest absolute Gasteiger partial charge is 0.261 e. The number of nitrogens with zero attached hydrogens (tertiary/aromatic N) is 2. The van der Waals surface area contributed by atoms with Crippen molar-refractivity contribution in [2.24, 2.45) is 0 Å². The Labute approximate surface area is 136 Å². The molecule has 0 unspecified atom stereocenters. The Balaban J connectivity index is 1.96. The molecule has 3 aromatic rings. The molecular formula is C16H11ClFN3O2. The van der Waals surface area contributed by atoms with Crippen LogP contribution in [0.15, 0.2) is 47.2 Å². The van der Waals surface area contributed by atoms with Crippen molar-refractivity contribution < 1.29 is 13.7 Å². The molecule has 0 bridgehead atoms. The van der Waals surface area contributed by atoms with E-state index in [0.29, 0.717) is 22.7 Å². The van der Waals surface area contributed by atoms with Crippen LogP contribution in [0.5, 0.6) is 0 Å². The molecule has 2 aromatic heterocycles. The van der Waals surface area contributed by atoms with Gasteiger partial charge in [-0.15, -0.1) is 0 Å². The minimum Gasteiger partial charge on any atom is -0.360 e. The Kier molecular flexibility index (Phi) is 4.08. The lowest BCUT2D eigenvalue weighted by Gasteiger charge is -2.07. The Bertz CT molecular complexity index is 865. The average molecular weight is 332 g/mol. The lowest BCUT2D eigenvalue weighted by molar-refractivity contribution is 0.102. The number of nitrogens with one attached hydrogen (secondary N) is 1. The highest BCUT2D eigenvalue weighted by atomic mass is 35.5. The summed E-state index contributed by atoms with van der Waals surface area (Å²) in [4.78, 5) is 16.5. The van der Waals surface area contributed by atoms with Crippen molar-refractivity contribution in [3.63, 3.8) is 0 Å². The number of hydrogen-bond donors (Lipinski definition) is 1. The molecule has 1 amide bonds. The maximum Gasteiger partial charge on any atom is 0.261 e. The average Bonchev–Trinajstić information content (AvgIpc) is 2.93. The van der Waals surface area contributed by atoms with Crippen LogP contribution in [0.25, 0.3) is 11.3 Å². The van der Waals surface area contributed by atoms with Crippen LogP contribution >= 0.6 is 11.6 Å². The number of benzene rings is 1. The fraction of sp³-hybridized carbons (Fsp3) is 0.0625. The summed E-state index contributed by atoms with van der Waals surface area (Å²) in [7, 11) is 0. The van der Waals surface area contributed by atoms with E-state index in [4.69, 9.17) is 16.1 Å². The summed E-state index contributed by atoms with van der Waals surface area (Å²) in [5.74, 6) is -0.569. The molecule has 0 aliphatic heterocycles. The van der Waals surface area contributed by atoms with E-state index in [1.165, 1.54) is 12.1 Å². The molecule has 1 aromatic carbocycles. The van der Waals surface area contributed by atoms with E-state index in [-0.39, 0.29) is 10.6 Å². The molecule has 0 radical (unpaired) electrons. The van der Waals surface area contributed by atoms with Crippen molar-refractivity contribution in [3.8, 4) is 11.3 Å². The molecular weight excluding hydrogens is 321 g/mol. The SMILES string of the molecule is Cc1onc(-c2cccnc2)c1C(=O)Nc1ccc(F)cc1Cl. The molecule has 1 N–H and O–H groups in total. The van der Waals surface area contributed by atoms with Gasteiger partial charge in [0.2, 0.25) is 0 Å². The van der Waals surface area contributed by atoms with Gasteiger partial charge in [-0.3, -0.25) is 9.78 Å². The van der Waals surface area contributed by atoms with Crippen LogP contribution in [0.2, 0.25) is 5.02 Å². The van der Waals surface area contributed by atoms with Gasteiger partial charge >= 0.3 is 0 Å². The normalized spacial score (nSPS) is 10.6. The first-order chi connectivity index (χ1) is 11.1. The van der Waals surface area contributed by atoms with Crippen LogP contribution < -0.4 is 5.32 Å². The van der Waals surface area contributed by atoms with Crippen LogP contribution in [0.4, 0.5) is 10.1 Å². The molecule has 0 saturated carbocycles. The Hall–Kier alpha value is -2.73. The topological polar surface area (TPSA) is 68.0 Å². The quantitative estimate of drug-likeness (QED) is 0.785. The van der Waals surface area contributed by atoms with Gasteiger partial charge in [0.05, 0.1) is 10.7 Å². The minimum absolute atomic E-state index is 0.107. The second-order valence-corrected chi connectivity index (χ2v) is 5.19. The number of halogens is 2. The number of anilines is 1. The first-order valence-corrected chi connectivity index (χ1v) is 7.07. The summed E-state index contributed by atoms with van der Waals surface area (Å²) in [5, 5.41) is 6.66. The van der Waals surface area contributed by atoms with Crippen LogP contribution in [0, 0.1) is 12.7 Å². The number of carbonyl (C=O) groups excluding carboxylic acids is 1. The summed E-state index contributed by atoms with van der Waals surface area (Å²) in [5.41, 5.74) is 1.61. The number of carbonyl (C=O) groups is 1. The maximum atomic E-state index is 13.1. The van der Waals surface area contributed by atoms with Crippen molar-refractivity contribution in [3.05, 3.63) is 64.9 Å². The standard InChI is InChI=1S/C16H11ClFN3O2/c1-9-14(15(21-23-9)10-3-2-6-19-8-10)16(22)20-13-5-4-11(18)7-12(13)17/h2-8H,1H3,(H,20,22). The number of amides is 1. The molecule has 2 heterocycles. The molecule has 116 valence electrons. The molecule has 3 rings (SSSR count). The van der Waals surface area contributed by atoms with Crippen LogP contribution in [0.1, 0.15) is 16.1 Å². The van der Waals surface area contributed by atoms with Crippen LogP contribution in [-0.2, 0) is 0 Å². The molecule has 0 aliphatic carbocycles. The van der Waals surface area contributed by atoms with E-state index >= 15 is 0 Å². The molecule has 0 spiro atoms. The predicted octanol–water partition coefficient (Wildman–Crippen LogP) is 4.09. The molecule has 23 heavy (non-hydrogen) atoms. The molecule has 0 aliphatic rings. The first kappa shape index (κ1) is 15.2. The van der Waals surface area contributed by atoms with Gasteiger partial charge in [0.25, 0.3) is 5.91 Å². The van der Waals surface area contributed by atoms with Crippen molar-refractivity contribution in [1.29, 1.82) is 0 Å². The second-order valence-electron chi connectivity index (χ2n) is 4.78. The number of rotatable bonds is 3. The number of aromatic nitrogens is 2. The Morgan fingerprint density at radius 1 is 1.35 bits per heavy atom. The van der Waals surface area contributed by atoms with E-state index in [2.05, 4.69) is 15.5 Å². The minimum atomic E-state index is -0.481. The van der Waals surface area contributed by atoms with Gasteiger partial charge in [-0.2, -0.15) is 0 Å². The van der Waals surface area contributed by atoms with Gasteiger partial charge in [0, 0.05) is 18.0 Å². The fourth-order valence-corrected chi connectivity index (χ4v) is 2.33. The highest BCUT2D eigenvalue weighted by Crippen LogP contribution is 2.27. The zero-order chi connectivity index (χ0) is 16.4. The van der Waals surface area contributed by atoms with Gasteiger partial charge in [0.1, 0.15) is 22.8 Å². The number of hydrogen-bond acceptors (Lipinski definition) is 4. The van der Waals surface area contributed by atoms with E-state index in [0.717, 1.165) is 6.07 Å². The van der Waals surface area contributed by atoms with Crippen molar-refractivity contribution in [2.45, 2.75) is 6.92 Å². The molecule has 7 heteroatoms. The molecule has 5 nitrogen and oxygen atoms in total. The second kappa shape index (κ2) is 6.18. The van der Waals surface area contributed by atoms with E-state index < -0.39 is 11.7 Å². The Morgan fingerprint density at radius 2 is 2.17 bits per heavy atom. The zero-order valence-electron chi connectivity index (χ0n) is 12.0. The summed E-state index contributed by atoms with van der Waals surface area (Å²) < 4.78 is 18.2. The Morgan fingerprint density at radius 3 is 2.87 bits per heavy atom. The van der Waals surface area contributed by atoms with Gasteiger partial charge in [-0.05, 0) is 37.3 Å². The van der Waals surface area contributed by atoms with Crippen molar-refractivity contribution >= 4 is 23.2 Å². The van der Waals surface area contributed by atoms with Crippen LogP contribution in [-0.4, -0.2) is 16.0 Å². The van der Waals surface area contributed by atoms with Crippen molar-refractivity contribution in [1.82, 2.24) is 10.1 Å². The highest BCUT2D eigenvalue weighted by Gasteiger charge is 2.22. The molecule has 0 saturated heterocycles. The third kappa shape index (κ3) is 3.07. The zero-order valence-corrected chi connectivity index (χ0v) is 12.8. The third-order valence-corrected chi connectivity index (χ3v) is 3.52. The fourth-order valence-electron chi connectivity index (χ4n) is 2.12. The first-order valence-electron chi connectivity index (χ1n) is 6.69. The monoisotopic (exact) mass is 331 g/mol. The van der Waals surface area contributed by atoms with Gasteiger partial charge < -0.3 is 9.84 Å². The summed E-state index contributed by atoms with van der Waals surface area (Å²) in [6.07, 6.45) is 3.20. The van der Waals surface area contributed by atoms with E-state index in [1.807, 2.05) is 0 Å².